The molecular formula is C29H33N5O3. The Morgan fingerprint density at radius 1 is 1.03 bits per heavy atom. The molecule has 0 unspecified atom stereocenters. The van der Waals surface area contributed by atoms with Crippen molar-refractivity contribution in [1.82, 2.24) is 20.3 Å². The maximum atomic E-state index is 14.1. The normalized spacial score (nSPS) is 12.2. The molecule has 2 amide bonds. The molecule has 1 heterocycles. The Bertz CT molecular complexity index is 1390. The molecule has 1 aromatic heterocycles. The van der Waals surface area contributed by atoms with Crippen LogP contribution in [0.25, 0.3) is 11.0 Å². The zero-order valence-corrected chi connectivity index (χ0v) is 21.9. The van der Waals surface area contributed by atoms with Crippen molar-refractivity contribution >= 4 is 28.5 Å². The third-order valence-corrected chi connectivity index (χ3v) is 6.01. The number of benzene rings is 3. The zero-order chi connectivity index (χ0) is 26.6. The minimum atomic E-state index is -0.941. The third kappa shape index (κ3) is 5.97. The lowest BCUT2D eigenvalue weighted by Gasteiger charge is -2.34. The van der Waals surface area contributed by atoms with E-state index >= 15 is 0 Å². The van der Waals surface area contributed by atoms with E-state index in [1.54, 1.807) is 22.8 Å². The second kappa shape index (κ2) is 10.8. The molecule has 0 spiro atoms. The minimum absolute atomic E-state index is 0.0840. The third-order valence-electron chi connectivity index (χ3n) is 6.01. The first kappa shape index (κ1) is 25.9. The Hall–Kier alpha value is -4.20. The molecule has 0 saturated carbocycles. The lowest BCUT2D eigenvalue weighted by Crippen LogP contribution is -2.50. The van der Waals surface area contributed by atoms with Crippen molar-refractivity contribution in [3.05, 3.63) is 83.9 Å². The number of carbonyl (C=O) groups is 2. The van der Waals surface area contributed by atoms with E-state index in [2.05, 4.69) is 22.6 Å². The van der Waals surface area contributed by atoms with Gasteiger partial charge in [-0.25, -0.2) is 4.68 Å². The fourth-order valence-electron chi connectivity index (χ4n) is 4.23. The summed E-state index contributed by atoms with van der Waals surface area (Å²) in [6.07, 6.45) is 0.864. The molecule has 1 atom stereocenters. The van der Waals surface area contributed by atoms with Crippen LogP contribution in [0.5, 0.6) is 5.75 Å². The van der Waals surface area contributed by atoms with E-state index < -0.39 is 11.6 Å². The molecule has 0 bridgehead atoms. The number of hydrogen-bond acceptors (Lipinski definition) is 5. The first-order valence-electron chi connectivity index (χ1n) is 12.4. The second-order valence-electron chi connectivity index (χ2n) is 9.94. The molecule has 37 heavy (non-hydrogen) atoms. The minimum Gasteiger partial charge on any atom is -0.497 e. The largest absolute Gasteiger partial charge is 0.497 e. The van der Waals surface area contributed by atoms with Crippen molar-refractivity contribution in [3.8, 4) is 5.75 Å². The van der Waals surface area contributed by atoms with Crippen molar-refractivity contribution in [1.29, 1.82) is 0 Å². The number of para-hydroxylation sites is 1. The van der Waals surface area contributed by atoms with Gasteiger partial charge >= 0.3 is 0 Å². The van der Waals surface area contributed by atoms with Gasteiger partial charge in [-0.3, -0.25) is 14.5 Å². The van der Waals surface area contributed by atoms with E-state index in [0.29, 0.717) is 22.5 Å². The fourth-order valence-corrected chi connectivity index (χ4v) is 4.23. The molecule has 4 rings (SSSR count). The van der Waals surface area contributed by atoms with Crippen molar-refractivity contribution in [2.45, 2.75) is 52.2 Å². The number of nitrogens with one attached hydrogen (secondary N) is 1. The van der Waals surface area contributed by atoms with Crippen LogP contribution in [0.1, 0.15) is 44.9 Å². The van der Waals surface area contributed by atoms with Crippen LogP contribution in [0.3, 0.4) is 0 Å². The highest BCUT2D eigenvalue weighted by Crippen LogP contribution is 2.31. The van der Waals surface area contributed by atoms with Crippen LogP contribution in [0.4, 0.5) is 5.69 Å². The van der Waals surface area contributed by atoms with Gasteiger partial charge in [0.15, 0.2) is 0 Å². The predicted molar refractivity (Wildman–Crippen MR) is 144 cm³/mol. The molecule has 0 aliphatic heterocycles. The lowest BCUT2D eigenvalue weighted by molar-refractivity contribution is -0.128. The van der Waals surface area contributed by atoms with E-state index in [9.17, 15) is 9.59 Å². The molecule has 3 aromatic carbocycles. The van der Waals surface area contributed by atoms with Gasteiger partial charge < -0.3 is 10.1 Å². The van der Waals surface area contributed by atoms with Gasteiger partial charge in [0.25, 0.3) is 0 Å². The number of aromatic nitrogens is 3. The molecule has 0 fully saturated rings. The Morgan fingerprint density at radius 2 is 1.76 bits per heavy atom. The van der Waals surface area contributed by atoms with Gasteiger partial charge in [-0.2, -0.15) is 0 Å². The van der Waals surface area contributed by atoms with Crippen LogP contribution in [-0.2, 0) is 22.6 Å². The highest BCUT2D eigenvalue weighted by Gasteiger charge is 2.35. The maximum absolute atomic E-state index is 14.1. The van der Waals surface area contributed by atoms with Crippen molar-refractivity contribution in [2.75, 3.05) is 12.0 Å². The highest BCUT2D eigenvalue weighted by molar-refractivity contribution is 6.01. The lowest BCUT2D eigenvalue weighted by atomic mass is 10.00. The molecule has 0 saturated heterocycles. The van der Waals surface area contributed by atoms with Crippen LogP contribution >= 0.6 is 0 Å². The molecule has 0 aliphatic carbocycles. The first-order valence-corrected chi connectivity index (χ1v) is 12.4. The summed E-state index contributed by atoms with van der Waals surface area (Å²) < 4.78 is 7.00. The molecule has 8 nitrogen and oxygen atoms in total. The Balaban J connectivity index is 1.83. The Kier molecular flexibility index (Phi) is 7.57. The summed E-state index contributed by atoms with van der Waals surface area (Å²) >= 11 is 0. The predicted octanol–water partition coefficient (Wildman–Crippen LogP) is 4.69. The molecular weight excluding hydrogens is 466 g/mol. The number of hydrogen-bond donors (Lipinski definition) is 1. The van der Waals surface area contributed by atoms with Crippen LogP contribution < -0.4 is 15.0 Å². The Labute approximate surface area is 217 Å². The van der Waals surface area contributed by atoms with E-state index in [1.165, 1.54) is 0 Å². The SMILES string of the molecule is CCc1ccc(N(C(=O)Cn2nnc3ccccc32)[C@H](C(=O)NC(C)(C)C)c2cccc(OC)c2)cc1. The van der Waals surface area contributed by atoms with E-state index in [4.69, 9.17) is 4.74 Å². The molecule has 4 aromatic rings. The number of rotatable bonds is 8. The molecule has 0 radical (unpaired) electrons. The van der Waals surface area contributed by atoms with E-state index in [-0.39, 0.29) is 18.4 Å². The summed E-state index contributed by atoms with van der Waals surface area (Å²) in [6, 6.07) is 21.5. The summed E-state index contributed by atoms with van der Waals surface area (Å²) in [7, 11) is 1.57. The molecule has 1 N–H and O–H groups in total. The number of ether oxygens (including phenoxy) is 1. The van der Waals surface area contributed by atoms with Crippen LogP contribution in [0.15, 0.2) is 72.8 Å². The monoisotopic (exact) mass is 499 g/mol. The van der Waals surface area contributed by atoms with E-state index in [1.807, 2.05) is 87.5 Å². The Morgan fingerprint density at radius 3 is 2.43 bits per heavy atom. The van der Waals surface area contributed by atoms with Gasteiger partial charge in [-0.15, -0.1) is 5.10 Å². The van der Waals surface area contributed by atoms with E-state index in [0.717, 1.165) is 17.5 Å². The number of methoxy groups -OCH3 is 1. The van der Waals surface area contributed by atoms with Gasteiger partial charge in [0.05, 0.1) is 12.6 Å². The van der Waals surface area contributed by atoms with Crippen molar-refractivity contribution in [3.63, 3.8) is 0 Å². The van der Waals surface area contributed by atoms with Gasteiger partial charge in [0.2, 0.25) is 11.8 Å². The zero-order valence-electron chi connectivity index (χ0n) is 21.9. The van der Waals surface area contributed by atoms with Gasteiger partial charge in [-0.05, 0) is 74.7 Å². The average Bonchev–Trinajstić information content (AvgIpc) is 3.28. The summed E-state index contributed by atoms with van der Waals surface area (Å²) in [4.78, 5) is 29.5. The quantitative estimate of drug-likeness (QED) is 0.380. The average molecular weight is 500 g/mol. The van der Waals surface area contributed by atoms with Crippen LogP contribution in [0, 0.1) is 0 Å². The summed E-state index contributed by atoms with van der Waals surface area (Å²) in [5.74, 6) is 0.0101. The number of anilines is 1. The van der Waals surface area contributed by atoms with Gasteiger partial charge in [0.1, 0.15) is 23.9 Å². The summed E-state index contributed by atoms with van der Waals surface area (Å²) in [5, 5.41) is 11.4. The van der Waals surface area contributed by atoms with Crippen LogP contribution in [0.2, 0.25) is 0 Å². The first-order chi connectivity index (χ1) is 17.7. The van der Waals surface area contributed by atoms with Crippen molar-refractivity contribution < 1.29 is 14.3 Å². The topological polar surface area (TPSA) is 89.4 Å². The number of nitrogens with zero attached hydrogens (tertiary/aromatic N) is 4. The number of aryl methyl sites for hydroxylation is 1. The summed E-state index contributed by atoms with van der Waals surface area (Å²) in [5.41, 5.74) is 3.33. The molecule has 192 valence electrons. The van der Waals surface area contributed by atoms with Gasteiger partial charge in [-0.1, -0.05) is 48.5 Å². The smallest absolute Gasteiger partial charge is 0.249 e. The number of amides is 2. The van der Waals surface area contributed by atoms with Crippen molar-refractivity contribution in [2.24, 2.45) is 0 Å². The number of carbonyl (C=O) groups excluding carboxylic acids is 2. The fraction of sp³-hybridized carbons (Fsp3) is 0.310. The highest BCUT2D eigenvalue weighted by atomic mass is 16.5. The molecule has 8 heteroatoms. The molecule has 0 aliphatic rings. The summed E-state index contributed by atoms with van der Waals surface area (Å²) in [6.45, 7) is 7.73. The van der Waals surface area contributed by atoms with Crippen LogP contribution in [-0.4, -0.2) is 39.5 Å². The maximum Gasteiger partial charge on any atom is 0.249 e. The van der Waals surface area contributed by atoms with Gasteiger partial charge in [0, 0.05) is 11.2 Å². The standard InChI is InChI=1S/C29H33N5O3/c1-6-20-14-16-22(17-15-20)34(26(35)19-33-25-13-8-7-12-24(25)31-32-33)27(28(36)30-29(2,3)4)21-10-9-11-23(18-21)37-5/h7-18,27H,6,19H2,1-5H3,(H,30,36)/t27-/m0/s1. The second-order valence-corrected chi connectivity index (χ2v) is 9.94. The number of fused-ring (bicyclic) bond motifs is 1.